The van der Waals surface area contributed by atoms with Crippen LogP contribution in [0, 0.1) is 5.92 Å². The molecule has 0 aliphatic carbocycles. The van der Waals surface area contributed by atoms with Crippen molar-refractivity contribution in [3.05, 3.63) is 106 Å². The first-order valence-electron chi connectivity index (χ1n) is 13.4. The van der Waals surface area contributed by atoms with Crippen molar-refractivity contribution in [2.45, 2.75) is 57.0 Å². The van der Waals surface area contributed by atoms with Gasteiger partial charge in [-0.05, 0) is 47.2 Å². The molecular weight excluding hydrogens is 500 g/mol. The first kappa shape index (κ1) is 27.3. The van der Waals surface area contributed by atoms with Gasteiger partial charge in [0.1, 0.15) is 0 Å². The molecule has 5 rings (SSSR count). The second-order valence-corrected chi connectivity index (χ2v) is 11.0. The van der Waals surface area contributed by atoms with Crippen LogP contribution in [0.15, 0.2) is 72.8 Å². The predicted octanol–water partition coefficient (Wildman–Crippen LogP) is 5.07. The van der Waals surface area contributed by atoms with E-state index in [-0.39, 0.29) is 24.7 Å². The van der Waals surface area contributed by atoms with Crippen molar-refractivity contribution < 1.29 is 19.7 Å². The quantitative estimate of drug-likeness (QED) is 0.391. The smallest absolute Gasteiger partial charge is 0.184 e. The Labute approximate surface area is 229 Å². The van der Waals surface area contributed by atoms with E-state index in [9.17, 15) is 10.2 Å². The topological polar surface area (TPSA) is 88.2 Å². The fourth-order valence-electron chi connectivity index (χ4n) is 5.55. The Morgan fingerprint density at radius 1 is 0.895 bits per heavy atom. The number of rotatable bonds is 7. The summed E-state index contributed by atoms with van der Waals surface area (Å²) in [5.74, 6) is 0.103. The van der Waals surface area contributed by atoms with Gasteiger partial charge in [-0.3, -0.25) is 0 Å². The molecule has 2 heterocycles. The molecule has 4 unspecified atom stereocenters. The number of ether oxygens (including phenoxy) is 2. The number of benzene rings is 3. The monoisotopic (exact) mass is 536 g/mol. The maximum Gasteiger partial charge on any atom is 0.184 e. The van der Waals surface area contributed by atoms with Crippen LogP contribution in [0.3, 0.4) is 0 Å². The highest BCUT2D eigenvalue weighted by molar-refractivity contribution is 6.30. The Bertz CT molecular complexity index is 1180. The Balaban J connectivity index is 1.32. The van der Waals surface area contributed by atoms with Gasteiger partial charge in [-0.25, -0.2) is 0 Å². The summed E-state index contributed by atoms with van der Waals surface area (Å²) < 4.78 is 13.1. The summed E-state index contributed by atoms with van der Waals surface area (Å²) in [4.78, 5) is 2.39. The van der Waals surface area contributed by atoms with E-state index in [1.54, 1.807) is 0 Å². The summed E-state index contributed by atoms with van der Waals surface area (Å²) >= 11 is 6.05. The van der Waals surface area contributed by atoms with Crippen molar-refractivity contribution in [2.75, 3.05) is 19.6 Å². The molecule has 2 aliphatic rings. The van der Waals surface area contributed by atoms with Gasteiger partial charge in [0, 0.05) is 42.7 Å². The fraction of sp³-hybridized carbons (Fsp3) is 0.419. The van der Waals surface area contributed by atoms with E-state index in [1.807, 2.05) is 72.8 Å². The van der Waals surface area contributed by atoms with Crippen LogP contribution >= 0.6 is 11.6 Å². The van der Waals surface area contributed by atoms with E-state index in [4.69, 9.17) is 26.8 Å². The van der Waals surface area contributed by atoms with Gasteiger partial charge in [-0.2, -0.15) is 0 Å². The van der Waals surface area contributed by atoms with E-state index >= 15 is 0 Å². The largest absolute Gasteiger partial charge is 0.392 e. The van der Waals surface area contributed by atoms with Crippen LogP contribution in [-0.2, 0) is 28.2 Å². The summed E-state index contributed by atoms with van der Waals surface area (Å²) in [5, 5.41) is 21.5. The second-order valence-electron chi connectivity index (χ2n) is 10.6. The van der Waals surface area contributed by atoms with E-state index in [2.05, 4.69) is 11.8 Å². The van der Waals surface area contributed by atoms with Crippen LogP contribution in [-0.4, -0.2) is 40.9 Å². The molecule has 202 valence electrons. The Morgan fingerprint density at radius 2 is 1.50 bits per heavy atom. The standard InChI is InChI=1S/C31H37ClN2O4/c1-21-28(19-34-16-14-31(36,15-17-34)26-10-12-27(32)13-11-26)37-30(25-8-2-22(18-33)3-9-25)38-29(21)24-6-4-23(20-35)5-7-24/h2-13,21,28-30,35-36H,14-20,33H2,1H3. The summed E-state index contributed by atoms with van der Waals surface area (Å²) in [6, 6.07) is 23.6. The molecule has 6 nitrogen and oxygen atoms in total. The number of hydrogen-bond acceptors (Lipinski definition) is 6. The first-order valence-corrected chi connectivity index (χ1v) is 13.8. The number of piperidine rings is 1. The van der Waals surface area contributed by atoms with Crippen LogP contribution in [0.2, 0.25) is 5.02 Å². The zero-order valence-electron chi connectivity index (χ0n) is 21.8. The van der Waals surface area contributed by atoms with Crippen LogP contribution in [0.1, 0.15) is 60.0 Å². The minimum Gasteiger partial charge on any atom is -0.392 e. The number of aliphatic hydroxyl groups excluding tert-OH is 1. The van der Waals surface area contributed by atoms with Crippen molar-refractivity contribution in [1.82, 2.24) is 4.90 Å². The van der Waals surface area contributed by atoms with Crippen molar-refractivity contribution >= 4 is 11.6 Å². The average molecular weight is 537 g/mol. The molecule has 0 radical (unpaired) electrons. The van der Waals surface area contributed by atoms with Crippen LogP contribution in [0.25, 0.3) is 0 Å². The second kappa shape index (κ2) is 11.8. The Kier molecular flexibility index (Phi) is 8.50. The van der Waals surface area contributed by atoms with Crippen molar-refractivity contribution in [2.24, 2.45) is 11.7 Å². The lowest BCUT2D eigenvalue weighted by atomic mass is 9.84. The SMILES string of the molecule is CC1C(CN2CCC(O)(c3ccc(Cl)cc3)CC2)OC(c2ccc(CN)cc2)OC1c1ccc(CO)cc1. The lowest BCUT2D eigenvalue weighted by Crippen LogP contribution is -2.49. The molecular formula is C31H37ClN2O4. The molecule has 7 heteroatoms. The molecule has 0 spiro atoms. The van der Waals surface area contributed by atoms with E-state index in [1.165, 1.54) is 0 Å². The summed E-state index contributed by atoms with van der Waals surface area (Å²) in [6.45, 7) is 4.99. The van der Waals surface area contributed by atoms with Gasteiger partial charge in [0.05, 0.1) is 24.4 Å². The molecule has 0 bridgehead atoms. The van der Waals surface area contributed by atoms with Gasteiger partial charge in [0.15, 0.2) is 6.29 Å². The molecule has 0 amide bonds. The van der Waals surface area contributed by atoms with Crippen molar-refractivity contribution in [3.63, 3.8) is 0 Å². The number of halogens is 1. The van der Waals surface area contributed by atoms with Gasteiger partial charge in [0.25, 0.3) is 0 Å². The number of hydrogen-bond donors (Lipinski definition) is 3. The van der Waals surface area contributed by atoms with Gasteiger partial charge < -0.3 is 30.3 Å². The molecule has 38 heavy (non-hydrogen) atoms. The van der Waals surface area contributed by atoms with Crippen molar-refractivity contribution in [3.8, 4) is 0 Å². The maximum absolute atomic E-state index is 11.3. The molecule has 2 fully saturated rings. The van der Waals surface area contributed by atoms with E-state index < -0.39 is 11.9 Å². The normalized spacial score (nSPS) is 25.8. The van der Waals surface area contributed by atoms with Crippen LogP contribution in [0.5, 0.6) is 0 Å². The van der Waals surface area contributed by atoms with E-state index in [0.29, 0.717) is 24.4 Å². The molecule has 3 aromatic carbocycles. The Hall–Kier alpha value is -2.29. The maximum atomic E-state index is 11.3. The lowest BCUT2D eigenvalue weighted by Gasteiger charge is -2.45. The minimum atomic E-state index is -0.840. The van der Waals surface area contributed by atoms with Crippen LogP contribution in [0.4, 0.5) is 0 Å². The Morgan fingerprint density at radius 3 is 2.11 bits per heavy atom. The fourth-order valence-corrected chi connectivity index (χ4v) is 5.67. The highest BCUT2D eigenvalue weighted by atomic mass is 35.5. The van der Waals surface area contributed by atoms with Gasteiger partial charge in [-0.1, -0.05) is 79.2 Å². The van der Waals surface area contributed by atoms with Gasteiger partial charge in [-0.15, -0.1) is 0 Å². The predicted molar refractivity (Wildman–Crippen MR) is 148 cm³/mol. The average Bonchev–Trinajstić information content (AvgIpc) is 2.96. The zero-order chi connectivity index (χ0) is 26.7. The third-order valence-corrected chi connectivity index (χ3v) is 8.37. The summed E-state index contributed by atoms with van der Waals surface area (Å²) in [6.07, 6.45) is 0.592. The van der Waals surface area contributed by atoms with Crippen molar-refractivity contribution in [1.29, 1.82) is 0 Å². The molecule has 2 saturated heterocycles. The number of aliphatic hydroxyl groups is 2. The first-order chi connectivity index (χ1) is 18.4. The summed E-state index contributed by atoms with van der Waals surface area (Å²) in [5.41, 5.74) is 9.85. The highest BCUT2D eigenvalue weighted by Gasteiger charge is 2.41. The van der Waals surface area contributed by atoms with Gasteiger partial charge >= 0.3 is 0 Å². The highest BCUT2D eigenvalue weighted by Crippen LogP contribution is 2.42. The molecule has 2 aliphatic heterocycles. The molecule has 4 atom stereocenters. The number of likely N-dealkylation sites (tertiary alicyclic amines) is 1. The third-order valence-electron chi connectivity index (χ3n) is 8.11. The number of nitrogens with zero attached hydrogens (tertiary/aromatic N) is 1. The molecule has 4 N–H and O–H groups in total. The van der Waals surface area contributed by atoms with E-state index in [0.717, 1.165) is 47.5 Å². The lowest BCUT2D eigenvalue weighted by molar-refractivity contribution is -0.277. The molecule has 0 aromatic heterocycles. The third kappa shape index (κ3) is 5.97. The molecule has 3 aromatic rings. The van der Waals surface area contributed by atoms with Gasteiger partial charge in [0.2, 0.25) is 0 Å². The van der Waals surface area contributed by atoms with Crippen LogP contribution < -0.4 is 5.73 Å². The molecule has 0 saturated carbocycles. The minimum absolute atomic E-state index is 0.0144. The number of nitrogens with two attached hydrogens (primary N) is 1. The summed E-state index contributed by atoms with van der Waals surface area (Å²) in [7, 11) is 0. The zero-order valence-corrected chi connectivity index (χ0v) is 22.6.